The highest BCUT2D eigenvalue weighted by atomic mass is 16.2. The number of piperidine rings is 1. The number of likely N-dealkylation sites (tertiary alicyclic amines) is 2. The Morgan fingerprint density at radius 3 is 2.70 bits per heavy atom. The Labute approximate surface area is 161 Å². The zero-order valence-electron chi connectivity index (χ0n) is 16.9. The van der Waals surface area contributed by atoms with E-state index in [0.717, 1.165) is 25.9 Å². The van der Waals surface area contributed by atoms with E-state index in [0.29, 0.717) is 25.4 Å². The van der Waals surface area contributed by atoms with Crippen LogP contribution in [0.25, 0.3) is 0 Å². The predicted molar refractivity (Wildman–Crippen MR) is 103 cm³/mol. The van der Waals surface area contributed by atoms with Gasteiger partial charge in [0.1, 0.15) is 6.04 Å². The highest BCUT2D eigenvalue weighted by Gasteiger charge is 2.35. The minimum absolute atomic E-state index is 0.000175. The molecule has 2 aliphatic heterocycles. The minimum Gasteiger partial charge on any atom is -0.344 e. The smallest absolute Gasteiger partial charge is 0.317 e. The predicted octanol–water partition coefficient (Wildman–Crippen LogP) is 1.07. The van der Waals surface area contributed by atoms with Gasteiger partial charge in [0.2, 0.25) is 5.91 Å². The van der Waals surface area contributed by atoms with Crippen molar-refractivity contribution in [1.82, 2.24) is 29.8 Å². The van der Waals surface area contributed by atoms with Crippen LogP contribution in [0.2, 0.25) is 0 Å². The molecule has 150 valence electrons. The quantitative estimate of drug-likeness (QED) is 0.834. The van der Waals surface area contributed by atoms with Crippen molar-refractivity contribution in [2.24, 2.45) is 13.0 Å². The number of aromatic nitrogens is 2. The van der Waals surface area contributed by atoms with Crippen molar-refractivity contribution in [3.8, 4) is 0 Å². The third-order valence-corrected chi connectivity index (χ3v) is 5.91. The van der Waals surface area contributed by atoms with Gasteiger partial charge < -0.3 is 15.1 Å². The normalized spacial score (nSPS) is 26.4. The van der Waals surface area contributed by atoms with E-state index in [9.17, 15) is 9.59 Å². The fraction of sp³-hybridized carbons (Fsp3) is 0.737. The van der Waals surface area contributed by atoms with Gasteiger partial charge in [0, 0.05) is 52.0 Å². The number of aryl methyl sites for hydroxylation is 1. The number of amides is 3. The second-order valence-corrected chi connectivity index (χ2v) is 7.85. The summed E-state index contributed by atoms with van der Waals surface area (Å²) in [6.45, 7) is 5.61. The first kappa shape index (κ1) is 19.7. The first-order valence-electron chi connectivity index (χ1n) is 9.90. The number of carbonyl (C=O) groups is 2. The molecule has 0 spiro atoms. The molecule has 0 aromatic carbocycles. The van der Waals surface area contributed by atoms with Gasteiger partial charge in [0.05, 0.1) is 6.20 Å². The zero-order chi connectivity index (χ0) is 19.6. The highest BCUT2D eigenvalue weighted by Crippen LogP contribution is 2.36. The summed E-state index contributed by atoms with van der Waals surface area (Å²) in [4.78, 5) is 30.6. The summed E-state index contributed by atoms with van der Waals surface area (Å²) >= 11 is 0. The molecular formula is C19H32N6O2. The Balaban J connectivity index is 1.66. The maximum atomic E-state index is 12.6. The molecule has 0 radical (unpaired) electrons. The summed E-state index contributed by atoms with van der Waals surface area (Å²) in [5.74, 6) is 0.348. The topological polar surface area (TPSA) is 73.7 Å². The summed E-state index contributed by atoms with van der Waals surface area (Å²) in [6.07, 6.45) is 6.92. The Morgan fingerprint density at radius 2 is 2.11 bits per heavy atom. The Kier molecular flexibility index (Phi) is 6.04. The lowest BCUT2D eigenvalue weighted by atomic mass is 9.85. The van der Waals surface area contributed by atoms with Gasteiger partial charge in [0.25, 0.3) is 0 Å². The minimum atomic E-state index is -0.391. The average Bonchev–Trinajstić information content (AvgIpc) is 3.21. The molecule has 1 N–H and O–H groups in total. The molecule has 1 aromatic rings. The second kappa shape index (κ2) is 8.29. The van der Waals surface area contributed by atoms with E-state index in [2.05, 4.69) is 28.4 Å². The van der Waals surface area contributed by atoms with Crippen molar-refractivity contribution in [2.75, 3.05) is 40.3 Å². The van der Waals surface area contributed by atoms with Gasteiger partial charge in [0.15, 0.2) is 0 Å². The van der Waals surface area contributed by atoms with Crippen LogP contribution in [0.1, 0.15) is 37.8 Å². The number of rotatable bonds is 5. The van der Waals surface area contributed by atoms with Gasteiger partial charge in [-0.2, -0.15) is 5.10 Å². The van der Waals surface area contributed by atoms with E-state index in [1.165, 1.54) is 5.56 Å². The Bertz CT molecular complexity index is 675. The van der Waals surface area contributed by atoms with Crippen molar-refractivity contribution in [3.05, 3.63) is 18.0 Å². The molecule has 0 aliphatic carbocycles. The lowest BCUT2D eigenvalue weighted by molar-refractivity contribution is -0.128. The first-order valence-corrected chi connectivity index (χ1v) is 9.90. The van der Waals surface area contributed by atoms with E-state index < -0.39 is 6.04 Å². The molecule has 2 fully saturated rings. The Hall–Kier alpha value is -2.09. The van der Waals surface area contributed by atoms with Gasteiger partial charge >= 0.3 is 6.03 Å². The molecule has 2 saturated heterocycles. The summed E-state index contributed by atoms with van der Waals surface area (Å²) in [6, 6.07) is -0.285. The first-order chi connectivity index (χ1) is 12.9. The third-order valence-electron chi connectivity index (χ3n) is 5.91. The van der Waals surface area contributed by atoms with Crippen LogP contribution in [-0.4, -0.2) is 82.7 Å². The molecule has 27 heavy (non-hydrogen) atoms. The second-order valence-electron chi connectivity index (χ2n) is 7.85. The molecular weight excluding hydrogens is 344 g/mol. The molecule has 1 aromatic heterocycles. The maximum Gasteiger partial charge on any atom is 0.317 e. The molecule has 0 bridgehead atoms. The molecule has 2 aliphatic rings. The largest absolute Gasteiger partial charge is 0.344 e. The van der Waals surface area contributed by atoms with Crippen LogP contribution >= 0.6 is 0 Å². The van der Waals surface area contributed by atoms with E-state index in [1.807, 2.05) is 25.0 Å². The molecule has 8 nitrogen and oxygen atoms in total. The fourth-order valence-corrected chi connectivity index (χ4v) is 4.42. The SMILES string of the molecule is CCN1CCC[C@@H](CN(C)C(=O)N[C@H]2CCN(C)C2=O)[C@@H]1c1cnn(C)c1. The van der Waals surface area contributed by atoms with Gasteiger partial charge in [-0.05, 0) is 38.3 Å². The monoisotopic (exact) mass is 376 g/mol. The number of nitrogens with zero attached hydrogens (tertiary/aromatic N) is 5. The van der Waals surface area contributed by atoms with Crippen molar-refractivity contribution >= 4 is 11.9 Å². The molecule has 0 unspecified atom stereocenters. The number of likely N-dealkylation sites (N-methyl/N-ethyl adjacent to an activating group) is 1. The summed E-state index contributed by atoms with van der Waals surface area (Å²) in [5, 5.41) is 7.25. The average molecular weight is 377 g/mol. The van der Waals surface area contributed by atoms with Crippen molar-refractivity contribution in [1.29, 1.82) is 0 Å². The van der Waals surface area contributed by atoms with Crippen LogP contribution in [0, 0.1) is 5.92 Å². The van der Waals surface area contributed by atoms with Gasteiger partial charge in [-0.15, -0.1) is 0 Å². The van der Waals surface area contributed by atoms with Crippen molar-refractivity contribution < 1.29 is 9.59 Å². The lowest BCUT2D eigenvalue weighted by Gasteiger charge is -2.42. The van der Waals surface area contributed by atoms with Crippen LogP contribution in [0.3, 0.4) is 0 Å². The van der Waals surface area contributed by atoms with E-state index in [1.54, 1.807) is 16.8 Å². The van der Waals surface area contributed by atoms with Crippen molar-refractivity contribution in [3.63, 3.8) is 0 Å². The fourth-order valence-electron chi connectivity index (χ4n) is 4.42. The summed E-state index contributed by atoms with van der Waals surface area (Å²) in [7, 11) is 5.54. The standard InChI is InChI=1S/C19H32N6O2/c1-5-25-9-6-7-14(17(25)15-11-20-24(4)13-15)12-23(3)19(27)21-16-8-10-22(2)18(16)26/h11,13-14,16-17H,5-10,12H2,1-4H3,(H,21,27)/t14-,16-,17+/m0/s1. The van der Waals surface area contributed by atoms with E-state index >= 15 is 0 Å². The summed E-state index contributed by atoms with van der Waals surface area (Å²) in [5.41, 5.74) is 1.21. The van der Waals surface area contributed by atoms with Crippen LogP contribution in [0.4, 0.5) is 4.79 Å². The summed E-state index contributed by atoms with van der Waals surface area (Å²) < 4.78 is 1.84. The Morgan fingerprint density at radius 1 is 1.33 bits per heavy atom. The maximum absolute atomic E-state index is 12.6. The number of hydrogen-bond donors (Lipinski definition) is 1. The van der Waals surface area contributed by atoms with Crippen LogP contribution < -0.4 is 5.32 Å². The third kappa shape index (κ3) is 4.26. The van der Waals surface area contributed by atoms with Gasteiger partial charge in [-0.3, -0.25) is 14.4 Å². The molecule has 3 heterocycles. The van der Waals surface area contributed by atoms with Crippen LogP contribution in [-0.2, 0) is 11.8 Å². The molecule has 8 heteroatoms. The van der Waals surface area contributed by atoms with Crippen LogP contribution in [0.15, 0.2) is 12.4 Å². The number of carbonyl (C=O) groups excluding carboxylic acids is 2. The van der Waals surface area contributed by atoms with Crippen LogP contribution in [0.5, 0.6) is 0 Å². The number of hydrogen-bond acceptors (Lipinski definition) is 4. The molecule has 0 saturated carbocycles. The molecule has 3 rings (SSSR count). The van der Waals surface area contributed by atoms with E-state index in [4.69, 9.17) is 0 Å². The highest BCUT2D eigenvalue weighted by molar-refractivity contribution is 5.88. The molecule has 3 atom stereocenters. The zero-order valence-corrected chi connectivity index (χ0v) is 16.9. The lowest BCUT2D eigenvalue weighted by Crippen LogP contribution is -2.49. The van der Waals surface area contributed by atoms with Gasteiger partial charge in [-0.1, -0.05) is 6.92 Å². The van der Waals surface area contributed by atoms with Crippen molar-refractivity contribution in [2.45, 2.75) is 38.3 Å². The number of urea groups is 1. The molecule has 3 amide bonds. The number of nitrogens with one attached hydrogen (secondary N) is 1. The van der Waals surface area contributed by atoms with E-state index in [-0.39, 0.29) is 18.0 Å². The van der Waals surface area contributed by atoms with Gasteiger partial charge in [-0.25, -0.2) is 4.79 Å².